The molecule has 0 fully saturated rings. The van der Waals surface area contributed by atoms with Gasteiger partial charge >= 0.3 is 32.7 Å². The van der Waals surface area contributed by atoms with Gasteiger partial charge in [0.2, 0.25) is 0 Å². The first-order chi connectivity index (χ1) is 5.72. The Morgan fingerprint density at radius 1 is 1.54 bits per heavy atom. The number of nitrogens with zero attached hydrogens (tertiary/aromatic N) is 1. The first-order valence-corrected chi connectivity index (χ1v) is 3.82. The maximum absolute atomic E-state index is 7.56. The fraction of sp³-hybridized carbons (Fsp3) is 0.273. The van der Waals surface area contributed by atoms with Crippen LogP contribution >= 0.6 is 0 Å². The number of benzene rings is 1. The van der Waals surface area contributed by atoms with Crippen LogP contribution in [0.15, 0.2) is 18.2 Å². The first kappa shape index (κ1) is 15.3. The fourth-order valence-corrected chi connectivity index (χ4v) is 0.604. The van der Waals surface area contributed by atoms with Crippen LogP contribution in [-0.2, 0) is 32.7 Å². The molecule has 0 saturated carbocycles. The van der Waals surface area contributed by atoms with Crippen LogP contribution in [0.3, 0.4) is 0 Å². The average Bonchev–Trinajstić information content (AvgIpc) is 2.11. The average molecular weight is 248 g/mol. The third kappa shape index (κ3) is 8.15. The second kappa shape index (κ2) is 9.90. The minimum absolute atomic E-state index is 0. The molecule has 1 nitrogen and oxygen atoms in total. The van der Waals surface area contributed by atoms with Crippen molar-refractivity contribution >= 4 is 0 Å². The van der Waals surface area contributed by atoms with E-state index in [1.807, 2.05) is 18.2 Å². The van der Waals surface area contributed by atoms with Gasteiger partial charge in [0, 0.05) is 6.07 Å². The van der Waals surface area contributed by atoms with Crippen LogP contribution in [0.5, 0.6) is 0 Å². The zero-order chi connectivity index (χ0) is 9.40. The van der Waals surface area contributed by atoms with Gasteiger partial charge in [-0.15, -0.1) is 0 Å². The van der Waals surface area contributed by atoms with Crippen LogP contribution in [0, 0.1) is 38.2 Å². The number of aryl methyl sites for hydroxylation is 2. The molecule has 0 heterocycles. The second-order valence-electron chi connectivity index (χ2n) is 2.39. The van der Waals surface area contributed by atoms with Gasteiger partial charge < -0.3 is 6.92 Å². The summed E-state index contributed by atoms with van der Waals surface area (Å²) in [6.07, 6.45) is 0.375. The maximum atomic E-state index is 7.56. The fourth-order valence-electron chi connectivity index (χ4n) is 0.604. The molecule has 1 aromatic carbocycles. The minimum Gasteiger partial charge on any atom is -0.330 e. The van der Waals surface area contributed by atoms with E-state index in [2.05, 4.69) is 32.9 Å². The van der Waals surface area contributed by atoms with Crippen molar-refractivity contribution in [3.05, 3.63) is 42.3 Å². The van der Waals surface area contributed by atoms with Gasteiger partial charge in [-0.25, -0.2) is 5.26 Å². The van der Waals surface area contributed by atoms with Crippen LogP contribution in [0.1, 0.15) is 17.5 Å². The summed E-state index contributed by atoms with van der Waals surface area (Å²) in [6.45, 7) is 7.40. The van der Waals surface area contributed by atoms with Crippen molar-refractivity contribution in [1.82, 2.24) is 0 Å². The standard InChI is InChI=1S/C8H9.C3H4N.Y/c1-7-5-3-4-6-8(7)2;1-2-3-4;/h3-5H,1-2H3;1-2H2;/q2*-1;+3. The molecule has 0 N–H and O–H groups in total. The molecular formula is C11H13NY+. The molecule has 1 aromatic rings. The van der Waals surface area contributed by atoms with Crippen LogP contribution in [0.25, 0.3) is 0 Å². The third-order valence-corrected chi connectivity index (χ3v) is 1.45. The van der Waals surface area contributed by atoms with Crippen molar-refractivity contribution in [2.75, 3.05) is 0 Å². The van der Waals surface area contributed by atoms with E-state index < -0.39 is 0 Å². The van der Waals surface area contributed by atoms with Gasteiger partial charge in [-0.1, -0.05) is 20.3 Å². The maximum Gasteiger partial charge on any atom is 3.00 e. The van der Waals surface area contributed by atoms with Crippen LogP contribution in [-0.4, -0.2) is 0 Å². The van der Waals surface area contributed by atoms with Crippen molar-refractivity contribution in [2.24, 2.45) is 0 Å². The van der Waals surface area contributed by atoms with Gasteiger partial charge in [0.25, 0.3) is 0 Å². The Bertz CT molecular complexity index is 242. The molecular weight excluding hydrogens is 235 g/mol. The van der Waals surface area contributed by atoms with E-state index >= 15 is 0 Å². The van der Waals surface area contributed by atoms with Gasteiger partial charge in [-0.05, 0) is 0 Å². The van der Waals surface area contributed by atoms with Gasteiger partial charge in [0.15, 0.2) is 0 Å². The van der Waals surface area contributed by atoms with Crippen molar-refractivity contribution < 1.29 is 32.7 Å². The van der Waals surface area contributed by atoms with Gasteiger partial charge in [-0.2, -0.15) is 35.4 Å². The van der Waals surface area contributed by atoms with Crippen molar-refractivity contribution in [3.8, 4) is 6.07 Å². The summed E-state index contributed by atoms with van der Waals surface area (Å²) in [6, 6.07) is 10.9. The molecule has 0 aliphatic carbocycles. The summed E-state index contributed by atoms with van der Waals surface area (Å²) < 4.78 is 0. The van der Waals surface area contributed by atoms with E-state index in [1.54, 1.807) is 0 Å². The number of hydrogen-bond acceptors (Lipinski definition) is 1. The number of hydrogen-bond donors (Lipinski definition) is 0. The van der Waals surface area contributed by atoms with E-state index in [4.69, 9.17) is 5.26 Å². The molecule has 0 radical (unpaired) electrons. The summed E-state index contributed by atoms with van der Waals surface area (Å²) in [5, 5.41) is 7.56. The van der Waals surface area contributed by atoms with E-state index in [-0.39, 0.29) is 32.7 Å². The third-order valence-electron chi connectivity index (χ3n) is 1.45. The van der Waals surface area contributed by atoms with E-state index in [0.29, 0.717) is 6.42 Å². The van der Waals surface area contributed by atoms with Crippen molar-refractivity contribution in [1.29, 1.82) is 5.26 Å². The van der Waals surface area contributed by atoms with Crippen molar-refractivity contribution in [3.63, 3.8) is 0 Å². The molecule has 0 aromatic heterocycles. The smallest absolute Gasteiger partial charge is 0.330 e. The Morgan fingerprint density at radius 2 is 2.08 bits per heavy atom. The molecule has 0 saturated heterocycles. The number of nitriles is 1. The Kier molecular flexibility index (Phi) is 11.6. The molecule has 64 valence electrons. The SMILES string of the molecule is Cc1[c-]cccc1C.[CH2-]CC#N.[Y+3]. The second-order valence-corrected chi connectivity index (χ2v) is 2.39. The van der Waals surface area contributed by atoms with Crippen LogP contribution in [0.2, 0.25) is 0 Å². The van der Waals surface area contributed by atoms with E-state index in [9.17, 15) is 0 Å². The predicted octanol–water partition coefficient (Wildman–Crippen LogP) is 2.84. The molecule has 2 heteroatoms. The Morgan fingerprint density at radius 3 is 2.31 bits per heavy atom. The van der Waals surface area contributed by atoms with Gasteiger partial charge in [0.1, 0.15) is 0 Å². The van der Waals surface area contributed by atoms with Gasteiger partial charge in [0.05, 0.1) is 0 Å². The normalized spacial score (nSPS) is 7.23. The molecule has 0 bridgehead atoms. The summed E-state index contributed by atoms with van der Waals surface area (Å²) in [5.41, 5.74) is 2.56. The molecule has 0 aliphatic heterocycles. The predicted molar refractivity (Wildman–Crippen MR) is 50.3 cm³/mol. The zero-order valence-corrected chi connectivity index (χ0v) is 11.0. The summed E-state index contributed by atoms with van der Waals surface area (Å²) in [5.74, 6) is 0. The molecule has 1 rings (SSSR count). The van der Waals surface area contributed by atoms with Gasteiger partial charge in [-0.3, -0.25) is 0 Å². The van der Waals surface area contributed by atoms with E-state index in [0.717, 1.165) is 0 Å². The summed E-state index contributed by atoms with van der Waals surface area (Å²) in [7, 11) is 0. The van der Waals surface area contributed by atoms with Crippen LogP contribution in [0.4, 0.5) is 0 Å². The largest absolute Gasteiger partial charge is 3.00 e. The first-order valence-electron chi connectivity index (χ1n) is 3.82. The summed E-state index contributed by atoms with van der Waals surface area (Å²) in [4.78, 5) is 0. The Hall–Kier alpha value is -0.186. The number of rotatable bonds is 0. The van der Waals surface area contributed by atoms with E-state index in [1.165, 1.54) is 11.1 Å². The summed E-state index contributed by atoms with van der Waals surface area (Å²) >= 11 is 0. The monoisotopic (exact) mass is 248 g/mol. The molecule has 0 atom stereocenters. The molecule has 0 spiro atoms. The van der Waals surface area contributed by atoms with Crippen LogP contribution < -0.4 is 0 Å². The molecule has 0 aliphatic rings. The zero-order valence-electron chi connectivity index (χ0n) is 8.17. The molecule has 0 unspecified atom stereocenters. The Balaban J connectivity index is 0. The molecule has 13 heavy (non-hydrogen) atoms. The topological polar surface area (TPSA) is 23.8 Å². The van der Waals surface area contributed by atoms with Crippen molar-refractivity contribution in [2.45, 2.75) is 20.3 Å². The molecule has 0 amide bonds. The minimum atomic E-state index is 0. The Labute approximate surface area is 106 Å². The quantitative estimate of drug-likeness (QED) is 0.647.